The van der Waals surface area contributed by atoms with Gasteiger partial charge in [-0.3, -0.25) is 4.79 Å². The Morgan fingerprint density at radius 1 is 1.39 bits per heavy atom. The number of ether oxygens (including phenoxy) is 2. The molecule has 1 aliphatic rings. The fourth-order valence-electron chi connectivity index (χ4n) is 2.41. The smallest absolute Gasteiger partial charge is 0.428 e. The second-order valence-electron chi connectivity index (χ2n) is 5.93. The van der Waals surface area contributed by atoms with Crippen LogP contribution in [0, 0.1) is 0 Å². The number of fused-ring (bicyclic) bond motifs is 1. The Bertz CT molecular complexity index is 601. The van der Waals surface area contributed by atoms with Gasteiger partial charge in [-0.2, -0.15) is 13.2 Å². The molecule has 2 rings (SSSR count). The number of benzene rings is 1. The topological polar surface area (TPSA) is 38.8 Å². The van der Waals surface area contributed by atoms with Crippen LogP contribution in [-0.4, -0.2) is 42.4 Å². The van der Waals surface area contributed by atoms with Crippen molar-refractivity contribution in [2.24, 2.45) is 0 Å². The van der Waals surface area contributed by atoms with Gasteiger partial charge in [0.25, 0.3) is 12.1 Å². The molecule has 0 aliphatic carbocycles. The Labute approximate surface area is 131 Å². The number of nitrogens with zero attached hydrogens (tertiary/aromatic N) is 1. The summed E-state index contributed by atoms with van der Waals surface area (Å²) in [5.41, 5.74) is -0.501. The lowest BCUT2D eigenvalue weighted by Crippen LogP contribution is -2.49. The zero-order chi connectivity index (χ0) is 17.4. The third-order valence-electron chi connectivity index (χ3n) is 3.40. The van der Waals surface area contributed by atoms with E-state index in [1.807, 2.05) is 0 Å². The van der Waals surface area contributed by atoms with Gasteiger partial charge in [0.05, 0.1) is 13.7 Å². The molecule has 0 saturated heterocycles. The normalized spacial score (nSPS) is 18.5. The summed E-state index contributed by atoms with van der Waals surface area (Å²) in [4.78, 5) is 12.7. The molecule has 1 unspecified atom stereocenters. The van der Waals surface area contributed by atoms with Crippen LogP contribution in [-0.2, 0) is 11.3 Å². The highest BCUT2D eigenvalue weighted by Gasteiger charge is 2.48. The molecular weight excluding hydrogens is 318 g/mol. The Kier molecular flexibility index (Phi) is 4.45. The molecule has 0 fully saturated rings. The molecule has 128 valence electrons. The van der Waals surface area contributed by atoms with Gasteiger partial charge >= 0.3 is 6.18 Å². The van der Waals surface area contributed by atoms with Crippen molar-refractivity contribution in [3.05, 3.63) is 23.8 Å². The van der Waals surface area contributed by atoms with Gasteiger partial charge in [0.15, 0.2) is 0 Å². The average Bonchev–Trinajstić information content (AvgIpc) is 2.58. The van der Waals surface area contributed by atoms with E-state index < -0.39 is 23.9 Å². The van der Waals surface area contributed by atoms with Gasteiger partial charge in [-0.05, 0) is 32.0 Å². The molecule has 1 amide bonds. The molecule has 0 N–H and O–H groups in total. The van der Waals surface area contributed by atoms with Gasteiger partial charge in [0, 0.05) is 12.1 Å². The van der Waals surface area contributed by atoms with Crippen molar-refractivity contribution in [2.45, 2.75) is 38.3 Å². The van der Waals surface area contributed by atoms with Crippen molar-refractivity contribution < 1.29 is 31.8 Å². The summed E-state index contributed by atoms with van der Waals surface area (Å²) in [5.74, 6) is -0.731. The molecule has 0 saturated carbocycles. The van der Waals surface area contributed by atoms with Crippen molar-refractivity contribution in [1.82, 2.24) is 4.90 Å². The molecule has 1 aliphatic heterocycles. The molecule has 1 atom stereocenters. The number of hydrogen-bond acceptors (Lipinski definition) is 3. The van der Waals surface area contributed by atoms with Crippen LogP contribution in [0.3, 0.4) is 0 Å². The second kappa shape index (κ2) is 5.90. The highest BCUT2D eigenvalue weighted by molar-refractivity contribution is 5.82. The molecule has 8 heteroatoms. The summed E-state index contributed by atoms with van der Waals surface area (Å²) in [7, 11) is 1.44. The summed E-state index contributed by atoms with van der Waals surface area (Å²) in [5, 5.41) is 0. The predicted molar refractivity (Wildman–Crippen MR) is 74.1 cm³/mol. The van der Waals surface area contributed by atoms with Crippen LogP contribution in [0.5, 0.6) is 11.5 Å². The SMILES string of the molecule is COc1ccc2c(c1)CN(C(=O)C(F)C(F)(F)F)CC(C)(C)O2. The number of carbonyl (C=O) groups excluding carboxylic acids is 1. The molecule has 0 aromatic heterocycles. The number of carbonyl (C=O) groups is 1. The van der Waals surface area contributed by atoms with E-state index in [0.717, 1.165) is 4.90 Å². The molecule has 0 radical (unpaired) electrons. The molecule has 23 heavy (non-hydrogen) atoms. The van der Waals surface area contributed by atoms with E-state index in [2.05, 4.69) is 0 Å². The van der Waals surface area contributed by atoms with Gasteiger partial charge in [0.1, 0.15) is 17.1 Å². The third kappa shape index (κ3) is 3.86. The van der Waals surface area contributed by atoms with Gasteiger partial charge in [0.2, 0.25) is 0 Å². The first-order valence-corrected chi connectivity index (χ1v) is 6.89. The van der Waals surface area contributed by atoms with Crippen LogP contribution in [0.4, 0.5) is 17.6 Å². The van der Waals surface area contributed by atoms with E-state index >= 15 is 0 Å². The highest BCUT2D eigenvalue weighted by Crippen LogP contribution is 2.33. The van der Waals surface area contributed by atoms with Crippen molar-refractivity contribution >= 4 is 5.91 Å². The molecule has 1 aromatic rings. The lowest BCUT2D eigenvalue weighted by atomic mass is 10.1. The van der Waals surface area contributed by atoms with Crippen molar-refractivity contribution in [2.75, 3.05) is 13.7 Å². The summed E-state index contributed by atoms with van der Waals surface area (Å²) >= 11 is 0. The summed E-state index contributed by atoms with van der Waals surface area (Å²) in [6.07, 6.45) is -8.78. The van der Waals surface area contributed by atoms with E-state index in [9.17, 15) is 22.4 Å². The maximum atomic E-state index is 13.4. The quantitative estimate of drug-likeness (QED) is 0.780. The number of methoxy groups -OCH3 is 1. The molecular formula is C15H17F4NO3. The van der Waals surface area contributed by atoms with Crippen LogP contribution in [0.25, 0.3) is 0 Å². The van der Waals surface area contributed by atoms with E-state index in [0.29, 0.717) is 17.1 Å². The number of halogens is 4. The van der Waals surface area contributed by atoms with Gasteiger partial charge < -0.3 is 14.4 Å². The van der Waals surface area contributed by atoms with Crippen molar-refractivity contribution in [3.8, 4) is 11.5 Å². The molecule has 4 nitrogen and oxygen atoms in total. The minimum absolute atomic E-state index is 0.167. The van der Waals surface area contributed by atoms with Gasteiger partial charge in [-0.25, -0.2) is 4.39 Å². The number of amides is 1. The lowest BCUT2D eigenvalue weighted by Gasteiger charge is -2.30. The Morgan fingerprint density at radius 2 is 2.04 bits per heavy atom. The number of hydrogen-bond donors (Lipinski definition) is 0. The van der Waals surface area contributed by atoms with E-state index in [1.165, 1.54) is 7.11 Å². The molecule has 1 heterocycles. The standard InChI is InChI=1S/C15H17F4NO3/c1-14(2)8-20(13(21)12(16)15(17,18)19)7-9-6-10(22-3)4-5-11(9)23-14/h4-6,12H,7-8H2,1-3H3. The van der Waals surface area contributed by atoms with Crippen LogP contribution in [0.2, 0.25) is 0 Å². The number of alkyl halides is 4. The Morgan fingerprint density at radius 3 is 2.61 bits per heavy atom. The first-order valence-electron chi connectivity index (χ1n) is 6.89. The summed E-state index contributed by atoms with van der Waals surface area (Å²) in [6, 6.07) is 4.80. The molecule has 0 spiro atoms. The van der Waals surface area contributed by atoms with E-state index in [4.69, 9.17) is 9.47 Å². The number of rotatable bonds is 2. The van der Waals surface area contributed by atoms with Crippen LogP contribution < -0.4 is 9.47 Å². The van der Waals surface area contributed by atoms with Crippen LogP contribution in [0.1, 0.15) is 19.4 Å². The maximum absolute atomic E-state index is 13.4. The highest BCUT2D eigenvalue weighted by atomic mass is 19.4. The largest absolute Gasteiger partial charge is 0.497 e. The Balaban J connectivity index is 2.36. The first kappa shape index (κ1) is 17.4. The fourth-order valence-corrected chi connectivity index (χ4v) is 2.41. The third-order valence-corrected chi connectivity index (χ3v) is 3.40. The van der Waals surface area contributed by atoms with E-state index in [-0.39, 0.29) is 13.1 Å². The minimum Gasteiger partial charge on any atom is -0.497 e. The first-order chi connectivity index (χ1) is 10.5. The summed E-state index contributed by atoms with van der Waals surface area (Å²) < 4.78 is 61.7. The maximum Gasteiger partial charge on any atom is 0.428 e. The lowest BCUT2D eigenvalue weighted by molar-refractivity contribution is -0.194. The van der Waals surface area contributed by atoms with Crippen LogP contribution >= 0.6 is 0 Å². The minimum atomic E-state index is -5.23. The molecule has 1 aromatic carbocycles. The predicted octanol–water partition coefficient (Wildman–Crippen LogP) is 3.10. The monoisotopic (exact) mass is 335 g/mol. The zero-order valence-electron chi connectivity index (χ0n) is 12.9. The average molecular weight is 335 g/mol. The second-order valence-corrected chi connectivity index (χ2v) is 5.93. The zero-order valence-corrected chi connectivity index (χ0v) is 12.9. The van der Waals surface area contributed by atoms with Crippen molar-refractivity contribution in [3.63, 3.8) is 0 Å². The van der Waals surface area contributed by atoms with Crippen LogP contribution in [0.15, 0.2) is 18.2 Å². The van der Waals surface area contributed by atoms with Crippen molar-refractivity contribution in [1.29, 1.82) is 0 Å². The Hall–Kier alpha value is -1.99. The fraction of sp³-hybridized carbons (Fsp3) is 0.533. The molecule has 0 bridgehead atoms. The van der Waals surface area contributed by atoms with E-state index in [1.54, 1.807) is 32.0 Å². The summed E-state index contributed by atoms with van der Waals surface area (Å²) in [6.45, 7) is 2.88. The van der Waals surface area contributed by atoms with Gasteiger partial charge in [-0.1, -0.05) is 0 Å². The van der Waals surface area contributed by atoms with Gasteiger partial charge in [-0.15, -0.1) is 0 Å².